The largest absolute Gasteiger partial charge is 0.489 e. The first-order valence-electron chi connectivity index (χ1n) is 10.2. The molecule has 0 radical (unpaired) electrons. The first-order chi connectivity index (χ1) is 15.3. The molecule has 0 saturated carbocycles. The summed E-state index contributed by atoms with van der Waals surface area (Å²) >= 11 is 1.41. The van der Waals surface area contributed by atoms with E-state index in [2.05, 4.69) is 26.7 Å². The maximum atomic E-state index is 11.8. The molecule has 0 atom stereocenters. The molecule has 0 unspecified atom stereocenters. The van der Waals surface area contributed by atoms with Crippen molar-refractivity contribution >= 4 is 37.8 Å². The van der Waals surface area contributed by atoms with Gasteiger partial charge in [-0.1, -0.05) is 6.08 Å². The number of nitrogens with zero attached hydrogens (tertiary/aromatic N) is 2. The van der Waals surface area contributed by atoms with Crippen LogP contribution in [-0.4, -0.2) is 37.6 Å². The molecule has 8 nitrogen and oxygen atoms in total. The molecule has 32 heavy (non-hydrogen) atoms. The molecule has 168 valence electrons. The Morgan fingerprint density at radius 1 is 1.22 bits per heavy atom. The molecule has 4 N–H and O–H groups in total. The van der Waals surface area contributed by atoms with Gasteiger partial charge in [0.15, 0.2) is 5.13 Å². The smallest absolute Gasteiger partial charge is 0.238 e. The zero-order valence-electron chi connectivity index (χ0n) is 17.8. The van der Waals surface area contributed by atoms with Crippen molar-refractivity contribution in [3.63, 3.8) is 0 Å². The normalized spacial score (nSPS) is 14.3. The van der Waals surface area contributed by atoms with E-state index in [0.29, 0.717) is 16.6 Å². The van der Waals surface area contributed by atoms with Gasteiger partial charge in [0.05, 0.1) is 28.1 Å². The lowest BCUT2D eigenvalue weighted by molar-refractivity contribution is 0.243. The Balaban J connectivity index is 1.57. The van der Waals surface area contributed by atoms with Gasteiger partial charge >= 0.3 is 0 Å². The van der Waals surface area contributed by atoms with Crippen molar-refractivity contribution in [3.05, 3.63) is 53.7 Å². The number of thiazole rings is 1. The highest BCUT2D eigenvalue weighted by Crippen LogP contribution is 2.34. The summed E-state index contributed by atoms with van der Waals surface area (Å²) in [6.07, 6.45) is 4.88. The number of hydrogen-bond donors (Lipinski definition) is 3. The van der Waals surface area contributed by atoms with E-state index in [1.807, 2.05) is 37.6 Å². The number of anilines is 2. The van der Waals surface area contributed by atoms with Crippen LogP contribution in [0.3, 0.4) is 0 Å². The summed E-state index contributed by atoms with van der Waals surface area (Å²) in [6, 6.07) is 8.50. The van der Waals surface area contributed by atoms with Crippen molar-refractivity contribution in [1.82, 2.24) is 15.3 Å². The fourth-order valence-corrected chi connectivity index (χ4v) is 4.58. The molecule has 1 aromatic carbocycles. The summed E-state index contributed by atoms with van der Waals surface area (Å²) in [5, 5.41) is 14.3. The van der Waals surface area contributed by atoms with Crippen molar-refractivity contribution in [2.75, 3.05) is 18.4 Å². The highest BCUT2D eigenvalue weighted by molar-refractivity contribution is 7.89. The summed E-state index contributed by atoms with van der Waals surface area (Å²) < 4.78 is 29.4. The molecule has 1 aliphatic heterocycles. The van der Waals surface area contributed by atoms with Gasteiger partial charge in [-0.05, 0) is 62.7 Å². The molecule has 0 saturated heterocycles. The second-order valence-corrected chi connectivity index (χ2v) is 10.1. The predicted molar refractivity (Wildman–Crippen MR) is 128 cm³/mol. The molecule has 0 amide bonds. The molecule has 3 heterocycles. The highest BCUT2D eigenvalue weighted by atomic mass is 32.2. The van der Waals surface area contributed by atoms with Gasteiger partial charge in [-0.25, -0.2) is 18.5 Å². The molecule has 1 aliphatic rings. The standard InChI is InChI=1S/C22H25N5O3S2/c1-14(2)30-21-6-4-17(32(23,28)29)11-19(21)26-22-27-20(13-31-22)16-3-5-18(25-12-16)15-7-9-24-10-8-15/h3-7,11-14,24H,8-10H2,1-2H3,(H,26,27)(H2,23,28,29). The highest BCUT2D eigenvalue weighted by Gasteiger charge is 2.15. The molecular formula is C22H25N5O3S2. The van der Waals surface area contributed by atoms with Crippen LogP contribution < -0.4 is 20.5 Å². The summed E-state index contributed by atoms with van der Waals surface area (Å²) in [5.74, 6) is 0.519. The minimum atomic E-state index is -3.84. The van der Waals surface area contributed by atoms with Gasteiger partial charge in [0.1, 0.15) is 5.75 Å². The molecule has 4 rings (SSSR count). The minimum absolute atomic E-state index is 0.000100. The van der Waals surface area contributed by atoms with E-state index >= 15 is 0 Å². The lowest BCUT2D eigenvalue weighted by Crippen LogP contribution is -2.20. The average molecular weight is 472 g/mol. The number of rotatable bonds is 7. The van der Waals surface area contributed by atoms with Crippen molar-refractivity contribution in [2.24, 2.45) is 5.14 Å². The van der Waals surface area contributed by atoms with Crippen molar-refractivity contribution in [3.8, 4) is 17.0 Å². The number of primary sulfonamides is 1. The van der Waals surface area contributed by atoms with Crippen LogP contribution in [0.5, 0.6) is 5.75 Å². The van der Waals surface area contributed by atoms with Crippen LogP contribution in [0.2, 0.25) is 0 Å². The Hall–Kier alpha value is -2.79. The van der Waals surface area contributed by atoms with E-state index < -0.39 is 10.0 Å². The fraction of sp³-hybridized carbons (Fsp3) is 0.273. The number of ether oxygens (including phenoxy) is 1. The van der Waals surface area contributed by atoms with Gasteiger partial charge in [-0.3, -0.25) is 4.98 Å². The molecule has 0 spiro atoms. The zero-order valence-corrected chi connectivity index (χ0v) is 19.5. The monoisotopic (exact) mass is 471 g/mol. The molecule has 0 bridgehead atoms. The number of aromatic nitrogens is 2. The van der Waals surface area contributed by atoms with E-state index in [-0.39, 0.29) is 11.0 Å². The van der Waals surface area contributed by atoms with Gasteiger partial charge < -0.3 is 15.4 Å². The lowest BCUT2D eigenvalue weighted by Gasteiger charge is -2.15. The number of nitrogens with one attached hydrogen (secondary N) is 2. The quantitative estimate of drug-likeness (QED) is 0.480. The fourth-order valence-electron chi connectivity index (χ4n) is 3.31. The molecule has 0 fully saturated rings. The number of benzene rings is 1. The Kier molecular flexibility index (Phi) is 6.56. The first kappa shape index (κ1) is 22.4. The second-order valence-electron chi connectivity index (χ2n) is 7.65. The summed E-state index contributed by atoms with van der Waals surface area (Å²) in [7, 11) is -3.84. The molecule has 3 aromatic rings. The Morgan fingerprint density at radius 3 is 2.72 bits per heavy atom. The third-order valence-electron chi connectivity index (χ3n) is 4.84. The third-order valence-corrected chi connectivity index (χ3v) is 6.51. The van der Waals surface area contributed by atoms with Crippen LogP contribution in [0.25, 0.3) is 16.8 Å². The van der Waals surface area contributed by atoms with Crippen LogP contribution in [-0.2, 0) is 10.0 Å². The third kappa shape index (κ3) is 5.33. The maximum absolute atomic E-state index is 11.8. The van der Waals surface area contributed by atoms with Crippen LogP contribution in [0.4, 0.5) is 10.8 Å². The molecule has 2 aromatic heterocycles. The summed E-state index contributed by atoms with van der Waals surface area (Å²) in [4.78, 5) is 9.24. The van der Waals surface area contributed by atoms with Crippen LogP contribution in [0, 0.1) is 0 Å². The van der Waals surface area contributed by atoms with Crippen LogP contribution in [0.15, 0.2) is 52.9 Å². The number of sulfonamides is 1. The average Bonchev–Trinajstić information content (AvgIpc) is 3.23. The molecule has 0 aliphatic carbocycles. The van der Waals surface area contributed by atoms with Crippen molar-refractivity contribution < 1.29 is 13.2 Å². The van der Waals surface area contributed by atoms with Gasteiger partial charge in [-0.15, -0.1) is 11.3 Å². The topological polar surface area (TPSA) is 119 Å². The predicted octanol–water partition coefficient (Wildman–Crippen LogP) is 3.76. The SMILES string of the molecule is CC(C)Oc1ccc(S(N)(=O)=O)cc1Nc1nc(-c2ccc(C3=CCNCC3)nc2)cs1. The van der Waals surface area contributed by atoms with Gasteiger partial charge in [0.25, 0.3) is 0 Å². The number of hydrogen-bond acceptors (Lipinski definition) is 8. The Labute approximate surface area is 191 Å². The van der Waals surface area contributed by atoms with Crippen molar-refractivity contribution in [2.45, 2.75) is 31.3 Å². The van der Waals surface area contributed by atoms with E-state index in [9.17, 15) is 8.42 Å². The zero-order chi connectivity index (χ0) is 22.7. The van der Waals surface area contributed by atoms with E-state index in [1.165, 1.54) is 29.0 Å². The summed E-state index contributed by atoms with van der Waals surface area (Å²) in [6.45, 7) is 5.63. The van der Waals surface area contributed by atoms with Crippen molar-refractivity contribution in [1.29, 1.82) is 0 Å². The molecule has 10 heteroatoms. The minimum Gasteiger partial charge on any atom is -0.489 e. The van der Waals surface area contributed by atoms with E-state index in [1.54, 1.807) is 6.07 Å². The number of pyridine rings is 1. The van der Waals surface area contributed by atoms with Crippen LogP contribution >= 0.6 is 11.3 Å². The summed E-state index contributed by atoms with van der Waals surface area (Å²) in [5.41, 5.74) is 4.41. The van der Waals surface area contributed by atoms with E-state index in [4.69, 9.17) is 9.88 Å². The maximum Gasteiger partial charge on any atom is 0.238 e. The first-order valence-corrected chi connectivity index (χ1v) is 12.6. The van der Waals surface area contributed by atoms with Gasteiger partial charge in [0, 0.05) is 23.7 Å². The molecular weight excluding hydrogens is 446 g/mol. The van der Waals surface area contributed by atoms with Gasteiger partial charge in [0.2, 0.25) is 10.0 Å². The number of nitrogens with two attached hydrogens (primary N) is 1. The Bertz CT molecular complexity index is 1230. The van der Waals surface area contributed by atoms with Crippen LogP contribution in [0.1, 0.15) is 26.0 Å². The van der Waals surface area contributed by atoms with E-state index in [0.717, 1.165) is 36.5 Å². The lowest BCUT2D eigenvalue weighted by atomic mass is 10.0. The Morgan fingerprint density at radius 2 is 2.06 bits per heavy atom. The second kappa shape index (κ2) is 9.37. The van der Waals surface area contributed by atoms with Gasteiger partial charge in [-0.2, -0.15) is 0 Å².